The minimum absolute atomic E-state index is 0.0359. The number of halogens is 3. The highest BCUT2D eigenvalue weighted by Crippen LogP contribution is 2.43. The van der Waals surface area contributed by atoms with Gasteiger partial charge in [0.05, 0.1) is 12.6 Å². The molecular weight excluding hydrogens is 513 g/mol. The molecule has 1 N–H and O–H groups in total. The summed E-state index contributed by atoms with van der Waals surface area (Å²) in [6.07, 6.45) is 0.108. The highest BCUT2D eigenvalue weighted by Gasteiger charge is 2.52. The van der Waals surface area contributed by atoms with Gasteiger partial charge in [-0.2, -0.15) is 5.26 Å². The lowest BCUT2D eigenvalue weighted by Gasteiger charge is -2.35. The molecule has 11 heteroatoms. The molecule has 39 heavy (non-hydrogen) atoms. The third kappa shape index (κ3) is 6.44. The van der Waals surface area contributed by atoms with Gasteiger partial charge in [-0.15, -0.1) is 0 Å². The lowest BCUT2D eigenvalue weighted by Crippen LogP contribution is -2.55. The molecule has 1 saturated heterocycles. The van der Waals surface area contributed by atoms with Crippen LogP contribution in [-0.2, 0) is 22.5 Å². The van der Waals surface area contributed by atoms with Gasteiger partial charge in [-0.25, -0.2) is 18.0 Å². The van der Waals surface area contributed by atoms with Crippen molar-refractivity contribution < 1.29 is 27.5 Å². The number of amides is 2. The van der Waals surface area contributed by atoms with Crippen LogP contribution in [0.4, 0.5) is 18.0 Å². The maximum Gasteiger partial charge on any atom is 0.411 e. The zero-order valence-electron chi connectivity index (χ0n) is 22.0. The van der Waals surface area contributed by atoms with Crippen molar-refractivity contribution in [2.24, 2.45) is 5.92 Å². The molecule has 2 aliphatic rings. The Hall–Kier alpha value is -3.81. The number of rotatable bonds is 7. The number of carbonyl (C=O) groups excluding carboxylic acids is 2. The summed E-state index contributed by atoms with van der Waals surface area (Å²) in [5, 5.41) is 12.4. The number of alkyl halides is 2. The summed E-state index contributed by atoms with van der Waals surface area (Å²) in [6.45, 7) is 4.48. The summed E-state index contributed by atoms with van der Waals surface area (Å²) in [6, 6.07) is 6.85. The molecule has 4 rings (SSSR count). The molecular formula is C28H31F3N4O4. The highest BCUT2D eigenvalue weighted by atomic mass is 19.3. The van der Waals surface area contributed by atoms with E-state index in [1.54, 1.807) is 26.8 Å². The molecule has 1 aromatic carbocycles. The van der Waals surface area contributed by atoms with Gasteiger partial charge in [-0.05, 0) is 74.8 Å². The molecule has 1 aromatic heterocycles. The summed E-state index contributed by atoms with van der Waals surface area (Å²) in [4.78, 5) is 39.4. The van der Waals surface area contributed by atoms with E-state index in [-0.39, 0.29) is 23.9 Å². The maximum atomic E-state index is 15.0. The van der Waals surface area contributed by atoms with Crippen LogP contribution in [0.2, 0.25) is 0 Å². The molecule has 2 heterocycles. The number of nitrogens with one attached hydrogen (secondary N) is 1. The fourth-order valence-electron chi connectivity index (χ4n) is 5.39. The van der Waals surface area contributed by atoms with Crippen molar-refractivity contribution in [3.63, 3.8) is 0 Å². The van der Waals surface area contributed by atoms with E-state index in [1.807, 2.05) is 6.07 Å². The molecule has 0 radical (unpaired) electrons. The Labute approximate surface area is 224 Å². The number of aromatic nitrogens is 1. The summed E-state index contributed by atoms with van der Waals surface area (Å²) in [5.74, 6) is -1.16. The van der Waals surface area contributed by atoms with Crippen molar-refractivity contribution in [3.05, 3.63) is 58.3 Å². The number of hydrogen-bond acceptors (Lipinski definition) is 5. The fourth-order valence-corrected chi connectivity index (χ4v) is 5.39. The quantitative estimate of drug-likeness (QED) is 0.561. The van der Waals surface area contributed by atoms with Crippen LogP contribution in [0.15, 0.2) is 41.3 Å². The first-order valence-corrected chi connectivity index (χ1v) is 12.8. The number of hydrogen-bond donors (Lipinski definition) is 1. The van der Waals surface area contributed by atoms with E-state index in [0.717, 1.165) is 23.5 Å². The van der Waals surface area contributed by atoms with Crippen molar-refractivity contribution in [1.29, 1.82) is 5.26 Å². The SMILES string of the molecule is CC(C)(C)OC(=O)N1C2CCC(C2)C1C(=O)NC(C#N)Cc1ccc(-c2ccc(=O)n(CC(F)F)c2)cc1F. The Balaban J connectivity index is 1.47. The molecule has 2 amide bonds. The molecule has 2 bridgehead atoms. The van der Waals surface area contributed by atoms with Gasteiger partial charge in [0.2, 0.25) is 5.91 Å². The number of nitrogens with zero attached hydrogens (tertiary/aromatic N) is 3. The number of piperidine rings is 1. The minimum Gasteiger partial charge on any atom is -0.444 e. The predicted molar refractivity (Wildman–Crippen MR) is 136 cm³/mol. The number of ether oxygens (including phenoxy) is 1. The van der Waals surface area contributed by atoms with E-state index in [1.165, 1.54) is 29.3 Å². The molecule has 4 atom stereocenters. The monoisotopic (exact) mass is 544 g/mol. The van der Waals surface area contributed by atoms with E-state index < -0.39 is 54.0 Å². The summed E-state index contributed by atoms with van der Waals surface area (Å²) in [7, 11) is 0. The first-order valence-electron chi connectivity index (χ1n) is 12.8. The number of likely N-dealkylation sites (tertiary alicyclic amines) is 1. The Bertz CT molecular complexity index is 1350. The summed E-state index contributed by atoms with van der Waals surface area (Å²) in [5.41, 5.74) is -0.400. The van der Waals surface area contributed by atoms with Crippen LogP contribution in [0, 0.1) is 23.1 Å². The van der Waals surface area contributed by atoms with Crippen LogP contribution < -0.4 is 10.9 Å². The van der Waals surface area contributed by atoms with Gasteiger partial charge in [0, 0.05) is 24.7 Å². The van der Waals surface area contributed by atoms with Crippen molar-refractivity contribution in [1.82, 2.24) is 14.8 Å². The molecule has 1 aliphatic carbocycles. The van der Waals surface area contributed by atoms with E-state index in [4.69, 9.17) is 4.74 Å². The molecule has 1 aliphatic heterocycles. The second-order valence-corrected chi connectivity index (χ2v) is 11.1. The smallest absolute Gasteiger partial charge is 0.411 e. The van der Waals surface area contributed by atoms with Crippen molar-refractivity contribution in [3.8, 4) is 17.2 Å². The molecule has 4 unspecified atom stereocenters. The average Bonchev–Trinajstić information content (AvgIpc) is 3.47. The first-order chi connectivity index (χ1) is 18.4. The number of carbonyl (C=O) groups is 2. The van der Waals surface area contributed by atoms with Gasteiger partial charge in [-0.3, -0.25) is 14.5 Å². The molecule has 0 spiro atoms. The van der Waals surface area contributed by atoms with Crippen molar-refractivity contribution in [2.75, 3.05) is 0 Å². The van der Waals surface area contributed by atoms with Gasteiger partial charge in [-0.1, -0.05) is 12.1 Å². The minimum atomic E-state index is -2.72. The third-order valence-electron chi connectivity index (χ3n) is 7.06. The molecule has 2 fully saturated rings. The van der Waals surface area contributed by atoms with Gasteiger partial charge in [0.1, 0.15) is 23.5 Å². The lowest BCUT2D eigenvalue weighted by atomic mass is 9.97. The maximum absolute atomic E-state index is 15.0. The number of nitriles is 1. The number of pyridine rings is 1. The Kier molecular flexibility index (Phi) is 8.04. The van der Waals surface area contributed by atoms with E-state index in [9.17, 15) is 28.4 Å². The molecule has 8 nitrogen and oxygen atoms in total. The number of fused-ring (bicyclic) bond motifs is 2. The Morgan fingerprint density at radius 1 is 1.18 bits per heavy atom. The summed E-state index contributed by atoms with van der Waals surface area (Å²) >= 11 is 0. The van der Waals surface area contributed by atoms with Crippen molar-refractivity contribution >= 4 is 12.0 Å². The van der Waals surface area contributed by atoms with Gasteiger partial charge < -0.3 is 14.6 Å². The second kappa shape index (κ2) is 11.1. The van der Waals surface area contributed by atoms with Gasteiger partial charge in [0.25, 0.3) is 12.0 Å². The normalized spacial score (nSPS) is 21.1. The first kappa shape index (κ1) is 28.2. The standard InChI is InChI=1S/C28H31F3N4O4/c1-28(2,3)39-27(38)35-21-8-6-18(11-21)25(35)26(37)33-20(13-32)10-17-5-4-16(12-22(17)29)19-7-9-24(36)34(14-19)15-23(30)31/h4-5,7,9,12,14,18,20-21,23,25H,6,8,10-11,15H2,1-3H3,(H,33,37). The largest absolute Gasteiger partial charge is 0.444 e. The van der Waals surface area contributed by atoms with Gasteiger partial charge >= 0.3 is 6.09 Å². The number of benzene rings is 1. The zero-order valence-corrected chi connectivity index (χ0v) is 22.0. The van der Waals surface area contributed by atoms with Crippen LogP contribution in [0.5, 0.6) is 0 Å². The Morgan fingerprint density at radius 2 is 1.90 bits per heavy atom. The van der Waals surface area contributed by atoms with Crippen LogP contribution in [0.3, 0.4) is 0 Å². The molecule has 2 aromatic rings. The molecule has 208 valence electrons. The fraction of sp³-hybridized carbons (Fsp3) is 0.500. The van der Waals surface area contributed by atoms with Crippen LogP contribution in [0.1, 0.15) is 45.6 Å². The third-order valence-corrected chi connectivity index (χ3v) is 7.06. The van der Waals surface area contributed by atoms with E-state index >= 15 is 4.39 Å². The zero-order chi connectivity index (χ0) is 28.5. The molecule has 1 saturated carbocycles. The van der Waals surface area contributed by atoms with Gasteiger partial charge in [0.15, 0.2) is 0 Å². The topological polar surface area (TPSA) is 104 Å². The van der Waals surface area contributed by atoms with Crippen LogP contribution >= 0.6 is 0 Å². The van der Waals surface area contributed by atoms with Crippen molar-refractivity contribution in [2.45, 2.75) is 83.2 Å². The average molecular weight is 545 g/mol. The Morgan fingerprint density at radius 3 is 2.54 bits per heavy atom. The van der Waals surface area contributed by atoms with Crippen LogP contribution in [-0.4, -0.2) is 51.6 Å². The highest BCUT2D eigenvalue weighted by molar-refractivity contribution is 5.87. The van der Waals surface area contributed by atoms with E-state index in [2.05, 4.69) is 5.32 Å². The second-order valence-electron chi connectivity index (χ2n) is 11.1. The van der Waals surface area contributed by atoms with E-state index in [0.29, 0.717) is 17.5 Å². The van der Waals surface area contributed by atoms with Crippen LogP contribution in [0.25, 0.3) is 11.1 Å². The summed E-state index contributed by atoms with van der Waals surface area (Å²) < 4.78 is 46.9. The predicted octanol–water partition coefficient (Wildman–Crippen LogP) is 4.26. The lowest BCUT2D eigenvalue weighted by molar-refractivity contribution is -0.128.